The molecule has 1 heterocycles. The molecule has 11 heteroatoms. The summed E-state index contributed by atoms with van der Waals surface area (Å²) in [6, 6.07) is 12.0. The van der Waals surface area contributed by atoms with Gasteiger partial charge in [-0.15, -0.1) is 0 Å². The molecule has 0 spiro atoms. The van der Waals surface area contributed by atoms with Gasteiger partial charge in [0.2, 0.25) is 0 Å². The van der Waals surface area contributed by atoms with Gasteiger partial charge >= 0.3 is 6.09 Å². The van der Waals surface area contributed by atoms with E-state index >= 15 is 0 Å². The number of hydrogen-bond acceptors (Lipinski definition) is 9. The maximum atomic E-state index is 12.8. The molecular weight excluding hydrogens is 418 g/mol. The van der Waals surface area contributed by atoms with Gasteiger partial charge < -0.3 is 10.5 Å². The van der Waals surface area contributed by atoms with Gasteiger partial charge in [0.25, 0.3) is 0 Å². The first kappa shape index (κ1) is 24.4. The smallest absolute Gasteiger partial charge is 0.423 e. The predicted molar refractivity (Wildman–Crippen MR) is 115 cm³/mol. The van der Waals surface area contributed by atoms with Crippen LogP contribution in [0.2, 0.25) is 0 Å². The second-order valence-electron chi connectivity index (χ2n) is 7.58. The summed E-state index contributed by atoms with van der Waals surface area (Å²) in [4.78, 5) is 16.6. The molecule has 2 aromatic rings. The highest BCUT2D eigenvalue weighted by molar-refractivity contribution is 7.83. The average Bonchev–Trinajstić information content (AvgIpc) is 2.71. The third kappa shape index (κ3) is 7.71. The standard InChI is InChI=1S/C20H27N7O3S/c1-20(2,3)30-19(28)26(13-10-21)31(29)17-6-4-16(5-7-17)18(22)25-27(23)14-15-8-11-24-12-9-15/h4-9,11-12,18,25H,13-14,22-23H2,1-3H3. The first-order valence-corrected chi connectivity index (χ1v) is 10.5. The van der Waals surface area contributed by atoms with Crippen molar-refractivity contribution in [1.29, 1.82) is 5.26 Å². The maximum Gasteiger partial charge on any atom is 0.423 e. The summed E-state index contributed by atoms with van der Waals surface area (Å²) in [5, 5.41) is 10.4. The summed E-state index contributed by atoms with van der Waals surface area (Å²) >= 11 is 0. The number of aromatic nitrogens is 1. The van der Waals surface area contributed by atoms with Crippen LogP contribution >= 0.6 is 0 Å². The van der Waals surface area contributed by atoms with Crippen molar-refractivity contribution in [2.45, 2.75) is 44.0 Å². The molecule has 0 fully saturated rings. The Morgan fingerprint density at radius 3 is 2.42 bits per heavy atom. The normalized spacial score (nSPS) is 13.3. The number of ether oxygens (including phenoxy) is 1. The minimum atomic E-state index is -1.91. The van der Waals surface area contributed by atoms with Gasteiger partial charge in [-0.2, -0.15) is 10.4 Å². The van der Waals surface area contributed by atoms with Crippen molar-refractivity contribution in [3.05, 3.63) is 59.9 Å². The van der Waals surface area contributed by atoms with E-state index in [4.69, 9.17) is 21.6 Å². The fraction of sp³-hybridized carbons (Fsp3) is 0.350. The highest BCUT2D eigenvalue weighted by atomic mass is 32.2. The highest BCUT2D eigenvalue weighted by Gasteiger charge is 2.27. The van der Waals surface area contributed by atoms with Crippen LogP contribution in [0.15, 0.2) is 53.7 Å². The summed E-state index contributed by atoms with van der Waals surface area (Å²) in [6.45, 7) is 5.11. The molecule has 10 nitrogen and oxygen atoms in total. The molecule has 5 N–H and O–H groups in total. The zero-order valence-corrected chi connectivity index (χ0v) is 18.5. The molecule has 0 aliphatic carbocycles. The van der Waals surface area contributed by atoms with E-state index in [9.17, 15) is 9.00 Å². The Balaban J connectivity index is 2.04. The summed E-state index contributed by atoms with van der Waals surface area (Å²) < 4.78 is 18.9. The van der Waals surface area contributed by atoms with Crippen molar-refractivity contribution >= 4 is 17.1 Å². The number of carbonyl (C=O) groups is 1. The second kappa shape index (κ2) is 10.9. The van der Waals surface area contributed by atoms with Crippen LogP contribution in [0.1, 0.15) is 38.1 Å². The molecule has 0 saturated heterocycles. The average molecular weight is 446 g/mol. The van der Waals surface area contributed by atoms with E-state index in [1.165, 1.54) is 5.12 Å². The Bertz CT molecular complexity index is 927. The second-order valence-corrected chi connectivity index (χ2v) is 8.99. The lowest BCUT2D eigenvalue weighted by Gasteiger charge is -2.25. The lowest BCUT2D eigenvalue weighted by molar-refractivity contribution is 0.0412. The Hall–Kier alpha value is -2.88. The fourth-order valence-corrected chi connectivity index (χ4v) is 3.44. The number of rotatable bonds is 8. The topological polar surface area (TPSA) is 151 Å². The molecule has 166 valence electrons. The van der Waals surface area contributed by atoms with Crippen molar-refractivity contribution < 1.29 is 13.7 Å². The number of hydrogen-bond donors (Lipinski definition) is 3. The molecule has 1 amide bonds. The molecule has 0 aliphatic rings. The van der Waals surface area contributed by atoms with E-state index in [2.05, 4.69) is 10.4 Å². The zero-order chi connectivity index (χ0) is 23.0. The maximum absolute atomic E-state index is 12.8. The Labute approximate surface area is 184 Å². The van der Waals surface area contributed by atoms with Crippen molar-refractivity contribution in [3.63, 3.8) is 0 Å². The molecule has 0 radical (unpaired) electrons. The molecule has 2 atom stereocenters. The van der Waals surface area contributed by atoms with Crippen molar-refractivity contribution in [2.75, 3.05) is 6.54 Å². The third-order valence-electron chi connectivity index (χ3n) is 3.86. The molecule has 0 bridgehead atoms. The van der Waals surface area contributed by atoms with Crippen molar-refractivity contribution in [3.8, 4) is 6.07 Å². The number of nitrogens with two attached hydrogens (primary N) is 2. The Kier molecular flexibility index (Phi) is 8.61. The van der Waals surface area contributed by atoms with Gasteiger partial charge in [-0.25, -0.2) is 18.7 Å². The van der Waals surface area contributed by atoms with Gasteiger partial charge in [-0.1, -0.05) is 12.1 Å². The minimum Gasteiger partial charge on any atom is -0.443 e. The highest BCUT2D eigenvalue weighted by Crippen LogP contribution is 2.18. The largest absolute Gasteiger partial charge is 0.443 e. The van der Waals surface area contributed by atoms with Crippen molar-refractivity contribution in [1.82, 2.24) is 19.8 Å². The number of pyridine rings is 1. The van der Waals surface area contributed by atoms with E-state index in [1.807, 2.05) is 18.2 Å². The van der Waals surface area contributed by atoms with Crippen LogP contribution in [0.3, 0.4) is 0 Å². The Morgan fingerprint density at radius 1 is 1.26 bits per heavy atom. The van der Waals surface area contributed by atoms with Crippen LogP contribution in [-0.4, -0.2) is 36.9 Å². The molecule has 2 rings (SSSR count). The zero-order valence-electron chi connectivity index (χ0n) is 17.7. The molecule has 1 aromatic heterocycles. The van der Waals surface area contributed by atoms with E-state index in [0.29, 0.717) is 17.0 Å². The lowest BCUT2D eigenvalue weighted by Crippen LogP contribution is -2.47. The van der Waals surface area contributed by atoms with Crippen LogP contribution in [0.25, 0.3) is 0 Å². The number of carbonyl (C=O) groups excluding carboxylic acids is 1. The quantitative estimate of drug-likeness (QED) is 0.239. The number of nitrogens with zero attached hydrogens (tertiary/aromatic N) is 4. The summed E-state index contributed by atoms with van der Waals surface area (Å²) in [6.07, 6.45) is 1.91. The Morgan fingerprint density at radius 2 is 1.87 bits per heavy atom. The minimum absolute atomic E-state index is 0.332. The van der Waals surface area contributed by atoms with Gasteiger partial charge in [0.1, 0.15) is 12.1 Å². The van der Waals surface area contributed by atoms with Gasteiger partial charge in [-0.05, 0) is 56.2 Å². The van der Waals surface area contributed by atoms with E-state index in [1.54, 1.807) is 57.4 Å². The number of benzene rings is 1. The molecular formula is C20H27N7O3S. The van der Waals surface area contributed by atoms with Crippen molar-refractivity contribution in [2.24, 2.45) is 11.6 Å². The lowest BCUT2D eigenvalue weighted by atomic mass is 10.2. The first-order chi connectivity index (χ1) is 14.6. The number of hydrazine groups is 2. The number of amides is 1. The summed E-state index contributed by atoms with van der Waals surface area (Å²) in [7, 11) is -1.91. The van der Waals surface area contributed by atoms with Gasteiger partial charge in [0, 0.05) is 12.4 Å². The van der Waals surface area contributed by atoms with Crippen LogP contribution in [0.5, 0.6) is 0 Å². The molecule has 1 aromatic carbocycles. The fourth-order valence-electron chi connectivity index (χ4n) is 2.47. The van der Waals surface area contributed by atoms with Gasteiger partial charge in [-0.3, -0.25) is 10.8 Å². The molecule has 0 saturated carbocycles. The SMILES string of the molecule is CC(C)(C)OC(=O)N(CC#N)S(=O)c1ccc(C(N)NN(N)Cc2ccncc2)cc1. The third-order valence-corrected chi connectivity index (χ3v) is 5.21. The predicted octanol–water partition coefficient (Wildman–Crippen LogP) is 1.70. The van der Waals surface area contributed by atoms with E-state index < -0.39 is 28.8 Å². The number of nitriles is 1. The van der Waals surface area contributed by atoms with Crippen LogP contribution in [0.4, 0.5) is 4.79 Å². The van der Waals surface area contributed by atoms with Crippen LogP contribution in [-0.2, 0) is 22.3 Å². The van der Waals surface area contributed by atoms with Crippen LogP contribution < -0.4 is 17.0 Å². The van der Waals surface area contributed by atoms with E-state index in [-0.39, 0.29) is 6.54 Å². The summed E-state index contributed by atoms with van der Waals surface area (Å²) in [5.41, 5.74) is 9.97. The number of nitrogens with one attached hydrogen (secondary N) is 1. The molecule has 2 unspecified atom stereocenters. The van der Waals surface area contributed by atoms with Crippen LogP contribution in [0, 0.1) is 11.3 Å². The molecule has 0 aliphatic heterocycles. The monoisotopic (exact) mass is 445 g/mol. The first-order valence-electron chi connectivity index (χ1n) is 9.43. The van der Waals surface area contributed by atoms with Gasteiger partial charge in [0.15, 0.2) is 11.0 Å². The van der Waals surface area contributed by atoms with Gasteiger partial charge in [0.05, 0.1) is 23.7 Å². The van der Waals surface area contributed by atoms with E-state index in [0.717, 1.165) is 9.87 Å². The molecule has 31 heavy (non-hydrogen) atoms. The summed E-state index contributed by atoms with van der Waals surface area (Å²) in [5.74, 6) is 5.96.